The first-order valence-electron chi connectivity index (χ1n) is 8.98. The van der Waals surface area contributed by atoms with Crippen molar-refractivity contribution in [2.24, 2.45) is 0 Å². The molecule has 2 aromatic carbocycles. The van der Waals surface area contributed by atoms with E-state index >= 15 is 0 Å². The number of fused-ring (bicyclic) bond motifs is 1. The topological polar surface area (TPSA) is 104 Å². The second-order valence-corrected chi connectivity index (χ2v) is 6.31. The summed E-state index contributed by atoms with van der Waals surface area (Å²) in [6.07, 6.45) is 0. The molecule has 10 heteroatoms. The van der Waals surface area contributed by atoms with Gasteiger partial charge in [0.25, 0.3) is 5.91 Å². The van der Waals surface area contributed by atoms with E-state index in [4.69, 9.17) is 13.9 Å². The van der Waals surface area contributed by atoms with Crippen LogP contribution in [0.5, 0.6) is 11.5 Å². The number of ether oxygens (including phenoxy) is 3. The molecule has 0 spiro atoms. The average molecular weight is 433 g/mol. The van der Waals surface area contributed by atoms with E-state index in [1.807, 2.05) is 0 Å². The van der Waals surface area contributed by atoms with Gasteiger partial charge in [-0.1, -0.05) is 0 Å². The van der Waals surface area contributed by atoms with Crippen LogP contribution in [0.25, 0.3) is 11.0 Å². The Morgan fingerprint density at radius 1 is 1.03 bits per heavy atom. The third-order valence-electron chi connectivity index (χ3n) is 4.01. The van der Waals surface area contributed by atoms with Gasteiger partial charge < -0.3 is 23.9 Å². The van der Waals surface area contributed by atoms with Crippen molar-refractivity contribution in [3.63, 3.8) is 0 Å². The number of halogens is 2. The first kappa shape index (κ1) is 21.8. The van der Waals surface area contributed by atoms with E-state index in [1.165, 1.54) is 36.4 Å². The fourth-order valence-electron chi connectivity index (χ4n) is 2.64. The Kier molecular flexibility index (Phi) is 6.81. The summed E-state index contributed by atoms with van der Waals surface area (Å²) in [5.74, 6) is -1.19. The van der Waals surface area contributed by atoms with Gasteiger partial charge in [-0.2, -0.15) is 8.78 Å². The molecule has 1 N–H and O–H groups in total. The molecule has 0 aliphatic heterocycles. The van der Waals surface area contributed by atoms with Gasteiger partial charge in [0.05, 0.1) is 0 Å². The molecule has 0 saturated carbocycles. The van der Waals surface area contributed by atoms with E-state index in [2.05, 4.69) is 10.1 Å². The van der Waals surface area contributed by atoms with Crippen LogP contribution in [-0.2, 0) is 14.3 Å². The number of carbonyl (C=O) groups is 2. The largest absolute Gasteiger partial charge is 0.482 e. The minimum absolute atomic E-state index is 0.0558. The highest BCUT2D eigenvalue weighted by Crippen LogP contribution is 2.22. The summed E-state index contributed by atoms with van der Waals surface area (Å²) in [4.78, 5) is 35.1. The maximum Gasteiger partial charge on any atom is 0.387 e. The third kappa shape index (κ3) is 6.26. The lowest BCUT2D eigenvalue weighted by molar-refractivity contribution is -0.149. The van der Waals surface area contributed by atoms with E-state index in [9.17, 15) is 23.2 Å². The van der Waals surface area contributed by atoms with Crippen molar-refractivity contribution in [1.82, 2.24) is 0 Å². The maximum atomic E-state index is 12.1. The summed E-state index contributed by atoms with van der Waals surface area (Å²) in [5, 5.41) is 3.18. The zero-order valence-electron chi connectivity index (χ0n) is 16.2. The molecule has 0 saturated heterocycles. The standard InChI is InChI=1S/C21H17F2NO7/c1-12-8-19(26)31-17-9-15(6-7-16(12)17)28-11-20(27)29-10-18(25)24-13-2-4-14(5-3-13)30-21(22)23/h2-9,21H,10-11H2,1H3,(H,24,25). The normalized spacial score (nSPS) is 10.7. The van der Waals surface area contributed by atoms with Crippen LogP contribution in [0.2, 0.25) is 0 Å². The Bertz CT molecular complexity index is 1140. The van der Waals surface area contributed by atoms with E-state index in [0.717, 1.165) is 10.9 Å². The molecule has 0 radical (unpaired) electrons. The SMILES string of the molecule is Cc1cc(=O)oc2cc(OCC(=O)OCC(=O)Nc3ccc(OC(F)F)cc3)ccc12. The van der Waals surface area contributed by atoms with Crippen LogP contribution >= 0.6 is 0 Å². The van der Waals surface area contributed by atoms with Gasteiger partial charge in [-0.05, 0) is 48.9 Å². The van der Waals surface area contributed by atoms with Gasteiger partial charge in [0.1, 0.15) is 17.1 Å². The molecule has 3 rings (SSSR count). The van der Waals surface area contributed by atoms with Crippen molar-refractivity contribution in [1.29, 1.82) is 0 Å². The van der Waals surface area contributed by atoms with Crippen LogP contribution in [0.4, 0.5) is 14.5 Å². The van der Waals surface area contributed by atoms with Crippen molar-refractivity contribution in [2.45, 2.75) is 13.5 Å². The predicted molar refractivity (Wildman–Crippen MR) is 105 cm³/mol. The van der Waals surface area contributed by atoms with Crippen molar-refractivity contribution in [2.75, 3.05) is 18.5 Å². The minimum Gasteiger partial charge on any atom is -0.482 e. The van der Waals surface area contributed by atoms with Crippen LogP contribution in [0, 0.1) is 6.92 Å². The van der Waals surface area contributed by atoms with Crippen molar-refractivity contribution in [3.05, 3.63) is 64.5 Å². The van der Waals surface area contributed by atoms with Gasteiger partial charge in [-0.15, -0.1) is 0 Å². The van der Waals surface area contributed by atoms with Gasteiger partial charge in [-0.25, -0.2) is 9.59 Å². The Labute approximate surface area is 174 Å². The zero-order valence-corrected chi connectivity index (χ0v) is 16.2. The van der Waals surface area contributed by atoms with Crippen LogP contribution in [0.1, 0.15) is 5.56 Å². The number of carbonyl (C=O) groups excluding carboxylic acids is 2. The number of aryl methyl sites for hydroxylation is 1. The highest BCUT2D eigenvalue weighted by molar-refractivity contribution is 5.92. The lowest BCUT2D eigenvalue weighted by Crippen LogP contribution is -2.23. The quantitative estimate of drug-likeness (QED) is 0.430. The molecular weight excluding hydrogens is 416 g/mol. The minimum atomic E-state index is -2.95. The predicted octanol–water partition coefficient (Wildman–Crippen LogP) is 3.26. The zero-order chi connectivity index (χ0) is 22.4. The van der Waals surface area contributed by atoms with Gasteiger partial charge in [-0.3, -0.25) is 4.79 Å². The average Bonchev–Trinajstić information content (AvgIpc) is 2.71. The number of nitrogens with one attached hydrogen (secondary N) is 1. The van der Waals surface area contributed by atoms with Crippen LogP contribution in [0.15, 0.2) is 57.7 Å². The van der Waals surface area contributed by atoms with Crippen LogP contribution < -0.4 is 20.4 Å². The fourth-order valence-corrected chi connectivity index (χ4v) is 2.64. The lowest BCUT2D eigenvalue weighted by atomic mass is 10.1. The summed E-state index contributed by atoms with van der Waals surface area (Å²) in [6.45, 7) is -2.20. The highest BCUT2D eigenvalue weighted by atomic mass is 19.3. The number of anilines is 1. The molecule has 0 bridgehead atoms. The third-order valence-corrected chi connectivity index (χ3v) is 4.01. The lowest BCUT2D eigenvalue weighted by Gasteiger charge is -2.09. The van der Waals surface area contributed by atoms with Crippen LogP contribution in [-0.4, -0.2) is 31.7 Å². The number of benzene rings is 2. The highest BCUT2D eigenvalue weighted by Gasteiger charge is 2.11. The molecule has 0 atom stereocenters. The summed E-state index contributed by atoms with van der Waals surface area (Å²) >= 11 is 0. The molecule has 8 nitrogen and oxygen atoms in total. The molecule has 0 aliphatic carbocycles. The molecule has 0 unspecified atom stereocenters. The molecule has 31 heavy (non-hydrogen) atoms. The summed E-state index contributed by atoms with van der Waals surface area (Å²) < 4.78 is 43.7. The number of hydrogen-bond donors (Lipinski definition) is 1. The Morgan fingerprint density at radius 3 is 2.45 bits per heavy atom. The number of hydrogen-bond acceptors (Lipinski definition) is 7. The fraction of sp³-hybridized carbons (Fsp3) is 0.190. The first-order valence-corrected chi connectivity index (χ1v) is 8.98. The Morgan fingerprint density at radius 2 is 1.74 bits per heavy atom. The monoisotopic (exact) mass is 433 g/mol. The number of alkyl halides is 2. The first-order chi connectivity index (χ1) is 14.8. The Balaban J connectivity index is 1.46. The summed E-state index contributed by atoms with van der Waals surface area (Å²) in [7, 11) is 0. The van der Waals surface area contributed by atoms with E-state index in [0.29, 0.717) is 11.3 Å². The van der Waals surface area contributed by atoms with Crippen molar-refractivity contribution < 1.29 is 37.0 Å². The molecule has 0 aliphatic rings. The molecule has 1 aromatic heterocycles. The van der Waals surface area contributed by atoms with Gasteiger partial charge in [0.2, 0.25) is 0 Å². The summed E-state index contributed by atoms with van der Waals surface area (Å²) in [6, 6.07) is 11.4. The summed E-state index contributed by atoms with van der Waals surface area (Å²) in [5.41, 5.74) is 0.884. The molecule has 0 fully saturated rings. The molecule has 1 heterocycles. The van der Waals surface area contributed by atoms with Gasteiger partial charge in [0, 0.05) is 23.2 Å². The van der Waals surface area contributed by atoms with Crippen molar-refractivity contribution >= 4 is 28.5 Å². The van der Waals surface area contributed by atoms with Crippen LogP contribution in [0.3, 0.4) is 0 Å². The molecule has 3 aromatic rings. The molecule has 162 valence electrons. The van der Waals surface area contributed by atoms with Gasteiger partial charge >= 0.3 is 18.2 Å². The second-order valence-electron chi connectivity index (χ2n) is 6.31. The molecule has 1 amide bonds. The number of rotatable bonds is 8. The number of amides is 1. The smallest absolute Gasteiger partial charge is 0.387 e. The van der Waals surface area contributed by atoms with Crippen molar-refractivity contribution in [3.8, 4) is 11.5 Å². The van der Waals surface area contributed by atoms with E-state index in [1.54, 1.807) is 19.1 Å². The number of esters is 1. The Hall–Kier alpha value is -3.95. The molecular formula is C21H17F2NO7. The van der Waals surface area contributed by atoms with E-state index < -0.39 is 37.3 Å². The second kappa shape index (κ2) is 9.70. The van der Waals surface area contributed by atoms with E-state index in [-0.39, 0.29) is 11.5 Å². The van der Waals surface area contributed by atoms with Gasteiger partial charge in [0.15, 0.2) is 13.2 Å². The maximum absolute atomic E-state index is 12.1.